The molecule has 1 aromatic heterocycles. The summed E-state index contributed by atoms with van der Waals surface area (Å²) in [5.41, 5.74) is 5.91. The summed E-state index contributed by atoms with van der Waals surface area (Å²) in [4.78, 5) is 12.1. The maximum absolute atomic E-state index is 11.9. The number of hydrogen-bond donors (Lipinski definition) is 3. The second-order valence-corrected chi connectivity index (χ2v) is 7.95. The number of thiophene rings is 1. The summed E-state index contributed by atoms with van der Waals surface area (Å²) in [6, 6.07) is 0.256. The highest BCUT2D eigenvalue weighted by atomic mass is 32.2. The number of amides is 1. The van der Waals surface area contributed by atoms with E-state index in [0.29, 0.717) is 5.00 Å². The fourth-order valence-electron chi connectivity index (χ4n) is 2.43. The molecule has 1 aliphatic carbocycles. The molecular weight excluding hydrogens is 298 g/mol. The van der Waals surface area contributed by atoms with Gasteiger partial charge in [-0.2, -0.15) is 0 Å². The van der Waals surface area contributed by atoms with Gasteiger partial charge in [0.25, 0.3) is 5.91 Å². The molecule has 1 heterocycles. The van der Waals surface area contributed by atoms with Gasteiger partial charge in [0.2, 0.25) is 0 Å². The average Bonchev–Trinajstić information content (AvgIpc) is 2.96. The Balaban J connectivity index is 2.45. The average molecular weight is 317 g/mol. The molecule has 0 aromatic carbocycles. The van der Waals surface area contributed by atoms with Crippen LogP contribution in [0.5, 0.6) is 0 Å². The van der Waals surface area contributed by atoms with Crippen LogP contribution in [0, 0.1) is 0 Å². The first kappa shape index (κ1) is 15.1. The van der Waals surface area contributed by atoms with Crippen molar-refractivity contribution >= 4 is 37.8 Å². The normalized spacial score (nSPS) is 16.3. The molecule has 0 radical (unpaired) electrons. The summed E-state index contributed by atoms with van der Waals surface area (Å²) in [6.45, 7) is 0. The van der Waals surface area contributed by atoms with Gasteiger partial charge in [0.05, 0.1) is 5.69 Å². The van der Waals surface area contributed by atoms with Crippen LogP contribution in [-0.4, -0.2) is 33.7 Å². The van der Waals surface area contributed by atoms with Crippen LogP contribution in [0.2, 0.25) is 0 Å². The van der Waals surface area contributed by atoms with Gasteiger partial charge in [0.15, 0.2) is 9.84 Å². The molecule has 1 saturated carbocycles. The van der Waals surface area contributed by atoms with E-state index >= 15 is 0 Å². The Labute approximate surface area is 122 Å². The predicted molar refractivity (Wildman–Crippen MR) is 81.1 cm³/mol. The second-order valence-electron chi connectivity index (χ2n) is 4.98. The minimum atomic E-state index is -3.48. The van der Waals surface area contributed by atoms with Crippen LogP contribution in [0.25, 0.3) is 0 Å². The van der Waals surface area contributed by atoms with Crippen LogP contribution < -0.4 is 16.4 Å². The summed E-state index contributed by atoms with van der Waals surface area (Å²) in [5, 5.41) is 6.19. The van der Waals surface area contributed by atoms with Crippen molar-refractivity contribution < 1.29 is 13.2 Å². The molecule has 112 valence electrons. The third-order valence-corrected chi connectivity index (χ3v) is 5.82. The Morgan fingerprint density at radius 1 is 1.35 bits per heavy atom. The number of hydrogen-bond acceptors (Lipinski definition) is 6. The molecule has 2 rings (SSSR count). The fraction of sp³-hybridized carbons (Fsp3) is 0.583. The van der Waals surface area contributed by atoms with Crippen LogP contribution in [0.3, 0.4) is 0 Å². The molecule has 0 bridgehead atoms. The molecule has 1 aromatic rings. The first-order valence-electron chi connectivity index (χ1n) is 6.45. The number of nitrogens with one attached hydrogen (secondary N) is 2. The van der Waals surface area contributed by atoms with Crippen LogP contribution >= 0.6 is 11.3 Å². The van der Waals surface area contributed by atoms with Crippen molar-refractivity contribution in [2.45, 2.75) is 36.6 Å². The van der Waals surface area contributed by atoms with Crippen molar-refractivity contribution in [1.82, 2.24) is 5.32 Å². The number of anilines is 2. The Hall–Kier alpha value is -1.28. The van der Waals surface area contributed by atoms with Gasteiger partial charge in [-0.1, -0.05) is 12.8 Å². The van der Waals surface area contributed by atoms with Crippen LogP contribution in [0.4, 0.5) is 10.7 Å². The van der Waals surface area contributed by atoms with Gasteiger partial charge in [0, 0.05) is 19.3 Å². The molecule has 0 atom stereocenters. The van der Waals surface area contributed by atoms with E-state index in [1.165, 1.54) is 7.05 Å². The first-order valence-corrected chi connectivity index (χ1v) is 9.16. The van der Waals surface area contributed by atoms with E-state index in [-0.39, 0.29) is 27.4 Å². The second kappa shape index (κ2) is 5.61. The van der Waals surface area contributed by atoms with E-state index in [9.17, 15) is 13.2 Å². The molecule has 1 amide bonds. The highest BCUT2D eigenvalue weighted by molar-refractivity contribution is 7.91. The van der Waals surface area contributed by atoms with E-state index in [1.54, 1.807) is 0 Å². The lowest BCUT2D eigenvalue weighted by atomic mass is 10.2. The molecule has 8 heteroatoms. The van der Waals surface area contributed by atoms with Crippen LogP contribution in [0.1, 0.15) is 35.4 Å². The maximum Gasteiger partial charge on any atom is 0.263 e. The Morgan fingerprint density at radius 3 is 2.45 bits per heavy atom. The van der Waals surface area contributed by atoms with Crippen molar-refractivity contribution in [1.29, 1.82) is 0 Å². The van der Waals surface area contributed by atoms with Crippen molar-refractivity contribution in [2.75, 3.05) is 24.4 Å². The molecule has 0 aliphatic heterocycles. The first-order chi connectivity index (χ1) is 9.34. The lowest BCUT2D eigenvalue weighted by molar-refractivity contribution is 0.0968. The van der Waals surface area contributed by atoms with E-state index < -0.39 is 9.84 Å². The molecule has 1 aliphatic rings. The number of nitrogen functional groups attached to an aromatic ring is 1. The van der Waals surface area contributed by atoms with Crippen LogP contribution in [-0.2, 0) is 9.84 Å². The summed E-state index contributed by atoms with van der Waals surface area (Å²) in [6.07, 6.45) is 5.40. The van der Waals surface area contributed by atoms with Gasteiger partial charge in [-0.3, -0.25) is 4.79 Å². The van der Waals surface area contributed by atoms with Gasteiger partial charge >= 0.3 is 0 Å². The van der Waals surface area contributed by atoms with E-state index in [4.69, 9.17) is 5.73 Å². The Kier molecular flexibility index (Phi) is 4.24. The highest BCUT2D eigenvalue weighted by Gasteiger charge is 2.28. The van der Waals surface area contributed by atoms with Crippen molar-refractivity contribution in [3.8, 4) is 0 Å². The fourth-order valence-corrected chi connectivity index (χ4v) is 5.01. The highest BCUT2D eigenvalue weighted by Crippen LogP contribution is 2.40. The lowest BCUT2D eigenvalue weighted by Crippen LogP contribution is -2.18. The maximum atomic E-state index is 11.9. The molecule has 1 fully saturated rings. The zero-order valence-corrected chi connectivity index (χ0v) is 13.2. The van der Waals surface area contributed by atoms with Gasteiger partial charge in [-0.05, 0) is 12.8 Å². The number of carbonyl (C=O) groups is 1. The monoisotopic (exact) mass is 317 g/mol. The SMILES string of the molecule is CNC(=O)c1sc(NC2CCCC2)c(S(C)(=O)=O)c1N. The standard InChI is InChI=1S/C12H19N3O3S2/c1-14-11(16)9-8(13)10(20(2,17)18)12(19-9)15-7-5-3-4-6-7/h7,15H,3-6,13H2,1-2H3,(H,14,16). The number of carbonyl (C=O) groups excluding carboxylic acids is 1. The zero-order chi connectivity index (χ0) is 14.9. The van der Waals surface area contributed by atoms with Gasteiger partial charge in [-0.25, -0.2) is 8.42 Å². The smallest absolute Gasteiger partial charge is 0.263 e. The van der Waals surface area contributed by atoms with Gasteiger partial charge < -0.3 is 16.4 Å². The Morgan fingerprint density at radius 2 is 1.95 bits per heavy atom. The topological polar surface area (TPSA) is 101 Å². The van der Waals surface area contributed by atoms with Crippen molar-refractivity contribution in [2.24, 2.45) is 0 Å². The quantitative estimate of drug-likeness (QED) is 0.780. The summed E-state index contributed by atoms with van der Waals surface area (Å²) < 4.78 is 23.9. The van der Waals surface area contributed by atoms with Crippen molar-refractivity contribution in [3.63, 3.8) is 0 Å². The number of sulfone groups is 1. The van der Waals surface area contributed by atoms with E-state index in [2.05, 4.69) is 10.6 Å². The molecular formula is C12H19N3O3S2. The lowest BCUT2D eigenvalue weighted by Gasteiger charge is -2.13. The molecule has 6 nitrogen and oxygen atoms in total. The third kappa shape index (κ3) is 2.90. The van der Waals surface area contributed by atoms with Gasteiger partial charge in [0.1, 0.15) is 14.8 Å². The molecule has 20 heavy (non-hydrogen) atoms. The van der Waals surface area contributed by atoms with Crippen molar-refractivity contribution in [3.05, 3.63) is 4.88 Å². The van der Waals surface area contributed by atoms with E-state index in [0.717, 1.165) is 43.3 Å². The zero-order valence-electron chi connectivity index (χ0n) is 11.5. The summed E-state index contributed by atoms with van der Waals surface area (Å²) >= 11 is 1.11. The number of nitrogens with two attached hydrogens (primary N) is 1. The molecule has 0 spiro atoms. The molecule has 0 saturated heterocycles. The minimum Gasteiger partial charge on any atom is -0.396 e. The molecule has 0 unspecified atom stereocenters. The van der Waals surface area contributed by atoms with Crippen LogP contribution in [0.15, 0.2) is 4.90 Å². The summed E-state index contributed by atoms with van der Waals surface area (Å²) in [5.74, 6) is -0.364. The Bertz CT molecular complexity index is 616. The largest absolute Gasteiger partial charge is 0.396 e. The van der Waals surface area contributed by atoms with Gasteiger partial charge in [-0.15, -0.1) is 11.3 Å². The minimum absolute atomic E-state index is 0.0392. The summed E-state index contributed by atoms with van der Waals surface area (Å²) in [7, 11) is -1.99. The molecule has 4 N–H and O–H groups in total. The van der Waals surface area contributed by atoms with E-state index in [1.807, 2.05) is 0 Å². The predicted octanol–water partition coefficient (Wildman–Crippen LogP) is 1.45. The third-order valence-electron chi connectivity index (χ3n) is 3.39. The number of rotatable bonds is 4.